The largest absolute Gasteiger partial charge is 0.494 e. The molecule has 4 nitrogen and oxygen atoms in total. The van der Waals surface area contributed by atoms with Crippen LogP contribution in [-0.4, -0.2) is 29.8 Å². The van der Waals surface area contributed by atoms with Gasteiger partial charge in [0.1, 0.15) is 17.1 Å². The molecule has 4 rings (SSSR count). The van der Waals surface area contributed by atoms with Gasteiger partial charge in [-0.05, 0) is 41.3 Å². The van der Waals surface area contributed by atoms with Crippen LogP contribution in [0.25, 0.3) is 10.9 Å². The van der Waals surface area contributed by atoms with Crippen molar-refractivity contribution in [2.75, 3.05) is 18.6 Å². The first-order chi connectivity index (χ1) is 12.9. The van der Waals surface area contributed by atoms with Gasteiger partial charge in [0.25, 0.3) is 0 Å². The number of ether oxygens (including phenoxy) is 1. The Hall–Kier alpha value is -2.54. The maximum Gasteiger partial charge on any atom is 0.413 e. The quantitative estimate of drug-likeness (QED) is 0.577. The Morgan fingerprint density at radius 1 is 1.11 bits per heavy atom. The van der Waals surface area contributed by atoms with E-state index in [-0.39, 0.29) is 23.2 Å². The van der Waals surface area contributed by atoms with Crippen molar-refractivity contribution in [3.8, 4) is 5.75 Å². The van der Waals surface area contributed by atoms with Gasteiger partial charge in [-0.15, -0.1) is 0 Å². The maximum atomic E-state index is 14.1. The number of anilines is 1. The topological polar surface area (TPSA) is 38.2 Å². The highest BCUT2D eigenvalue weighted by atomic mass is 35.5. The fourth-order valence-corrected chi connectivity index (χ4v) is 3.78. The molecule has 2 aromatic carbocycles. The molecule has 0 N–H and O–H groups in total. The van der Waals surface area contributed by atoms with Gasteiger partial charge in [-0.2, -0.15) is 18.2 Å². The highest BCUT2D eigenvalue weighted by Gasteiger charge is 2.48. The molecular weight excluding hydrogens is 379 g/mol. The van der Waals surface area contributed by atoms with Crippen molar-refractivity contribution in [3.05, 3.63) is 58.9 Å². The monoisotopic (exact) mass is 393 g/mol. The van der Waals surface area contributed by atoms with Crippen molar-refractivity contribution in [1.29, 1.82) is 0 Å². The summed E-state index contributed by atoms with van der Waals surface area (Å²) in [6.45, 7) is 0.168. The van der Waals surface area contributed by atoms with Gasteiger partial charge in [0, 0.05) is 11.9 Å². The molecule has 0 fully saturated rings. The van der Waals surface area contributed by atoms with Gasteiger partial charge in [0.15, 0.2) is 6.04 Å². The van der Waals surface area contributed by atoms with Crippen LogP contribution in [0.2, 0.25) is 5.28 Å². The number of para-hydroxylation sites is 1. The van der Waals surface area contributed by atoms with Crippen LogP contribution in [0.15, 0.2) is 42.5 Å². The number of benzene rings is 2. The summed E-state index contributed by atoms with van der Waals surface area (Å²) in [5.41, 5.74) is 1.31. The minimum atomic E-state index is -4.47. The van der Waals surface area contributed by atoms with E-state index in [1.54, 1.807) is 36.4 Å². The fourth-order valence-electron chi connectivity index (χ4n) is 3.61. The summed E-state index contributed by atoms with van der Waals surface area (Å²) in [6.07, 6.45) is -3.99. The zero-order valence-electron chi connectivity index (χ0n) is 14.3. The molecule has 140 valence electrons. The Kier molecular flexibility index (Phi) is 4.34. The zero-order valence-corrected chi connectivity index (χ0v) is 15.1. The Balaban J connectivity index is 1.95. The molecule has 0 spiro atoms. The van der Waals surface area contributed by atoms with Gasteiger partial charge in [0.2, 0.25) is 5.28 Å². The lowest BCUT2D eigenvalue weighted by atomic mass is 9.92. The highest BCUT2D eigenvalue weighted by Crippen LogP contribution is 2.45. The van der Waals surface area contributed by atoms with E-state index >= 15 is 0 Å². The van der Waals surface area contributed by atoms with Gasteiger partial charge in [0.05, 0.1) is 7.11 Å². The van der Waals surface area contributed by atoms with E-state index in [4.69, 9.17) is 16.3 Å². The molecule has 0 bridgehead atoms. The maximum absolute atomic E-state index is 14.1. The van der Waals surface area contributed by atoms with Crippen molar-refractivity contribution in [3.63, 3.8) is 0 Å². The fraction of sp³-hybridized carbons (Fsp3) is 0.263. The minimum absolute atomic E-state index is 0.123. The van der Waals surface area contributed by atoms with Crippen LogP contribution >= 0.6 is 11.6 Å². The molecule has 0 saturated carbocycles. The van der Waals surface area contributed by atoms with E-state index in [9.17, 15) is 13.2 Å². The van der Waals surface area contributed by atoms with Crippen LogP contribution in [0.1, 0.15) is 17.2 Å². The molecule has 1 aliphatic heterocycles. The van der Waals surface area contributed by atoms with Crippen molar-refractivity contribution in [2.45, 2.75) is 18.6 Å². The Bertz CT molecular complexity index is 1010. The van der Waals surface area contributed by atoms with Crippen molar-refractivity contribution >= 4 is 28.3 Å². The number of nitrogens with zero attached hydrogens (tertiary/aromatic N) is 3. The van der Waals surface area contributed by atoms with E-state index < -0.39 is 12.2 Å². The molecule has 8 heteroatoms. The number of hydrogen-bond donors (Lipinski definition) is 0. The Labute approximate surface area is 158 Å². The SMILES string of the molecule is COc1cccc2c(N3CCc4ccccc4C3C(F)(F)F)nc(Cl)nc12. The number of fused-ring (bicyclic) bond motifs is 2. The number of aromatic nitrogens is 2. The highest BCUT2D eigenvalue weighted by molar-refractivity contribution is 6.29. The summed E-state index contributed by atoms with van der Waals surface area (Å²) in [5.74, 6) is 0.583. The van der Waals surface area contributed by atoms with E-state index in [2.05, 4.69) is 9.97 Å². The average Bonchev–Trinajstić information content (AvgIpc) is 2.65. The van der Waals surface area contributed by atoms with E-state index in [0.717, 1.165) is 0 Å². The van der Waals surface area contributed by atoms with Crippen LogP contribution in [0, 0.1) is 0 Å². The molecule has 1 aliphatic rings. The predicted molar refractivity (Wildman–Crippen MR) is 97.4 cm³/mol. The number of hydrogen-bond acceptors (Lipinski definition) is 4. The molecule has 1 atom stereocenters. The van der Waals surface area contributed by atoms with Gasteiger partial charge in [-0.3, -0.25) is 0 Å². The van der Waals surface area contributed by atoms with Gasteiger partial charge >= 0.3 is 6.18 Å². The van der Waals surface area contributed by atoms with E-state index in [0.29, 0.717) is 28.6 Å². The van der Waals surface area contributed by atoms with Crippen LogP contribution in [0.4, 0.5) is 19.0 Å². The van der Waals surface area contributed by atoms with E-state index in [1.807, 2.05) is 0 Å². The minimum Gasteiger partial charge on any atom is -0.494 e. The molecule has 3 aromatic rings. The molecule has 2 heterocycles. The molecule has 0 amide bonds. The van der Waals surface area contributed by atoms with Crippen molar-refractivity contribution < 1.29 is 17.9 Å². The Morgan fingerprint density at radius 3 is 2.63 bits per heavy atom. The second-order valence-electron chi connectivity index (χ2n) is 6.26. The van der Waals surface area contributed by atoms with Gasteiger partial charge in [-0.25, -0.2) is 4.98 Å². The molecule has 0 radical (unpaired) electrons. The van der Waals surface area contributed by atoms with Gasteiger partial charge < -0.3 is 9.64 Å². The first-order valence-corrected chi connectivity index (χ1v) is 8.69. The van der Waals surface area contributed by atoms with Crippen molar-refractivity contribution in [1.82, 2.24) is 9.97 Å². The van der Waals surface area contributed by atoms with Crippen LogP contribution in [0.3, 0.4) is 0 Å². The summed E-state index contributed by atoms with van der Waals surface area (Å²) >= 11 is 6.05. The van der Waals surface area contributed by atoms with Crippen LogP contribution in [-0.2, 0) is 6.42 Å². The average molecular weight is 394 g/mol. The second-order valence-corrected chi connectivity index (χ2v) is 6.60. The summed E-state index contributed by atoms with van der Waals surface area (Å²) in [6, 6.07) is 9.88. The predicted octanol–water partition coefficient (Wildman–Crippen LogP) is 4.96. The third kappa shape index (κ3) is 3.06. The number of rotatable bonds is 2. The number of methoxy groups -OCH3 is 1. The molecular formula is C19H15ClF3N3O. The Morgan fingerprint density at radius 2 is 1.89 bits per heavy atom. The zero-order chi connectivity index (χ0) is 19.2. The van der Waals surface area contributed by atoms with Crippen molar-refractivity contribution in [2.24, 2.45) is 0 Å². The first kappa shape index (κ1) is 17.9. The van der Waals surface area contributed by atoms with E-state index in [1.165, 1.54) is 18.1 Å². The summed E-state index contributed by atoms with van der Waals surface area (Å²) in [4.78, 5) is 9.58. The normalized spacial score (nSPS) is 17.1. The molecule has 27 heavy (non-hydrogen) atoms. The van der Waals surface area contributed by atoms with Crippen LogP contribution in [0.5, 0.6) is 5.75 Å². The lowest BCUT2D eigenvalue weighted by Gasteiger charge is -2.39. The third-order valence-corrected chi connectivity index (χ3v) is 4.90. The first-order valence-electron chi connectivity index (χ1n) is 8.31. The number of alkyl halides is 3. The molecule has 1 aromatic heterocycles. The summed E-state index contributed by atoms with van der Waals surface area (Å²) in [5, 5.41) is 0.342. The van der Waals surface area contributed by atoms with Crippen LogP contribution < -0.4 is 9.64 Å². The number of halogens is 4. The van der Waals surface area contributed by atoms with Gasteiger partial charge in [-0.1, -0.05) is 30.3 Å². The smallest absolute Gasteiger partial charge is 0.413 e. The standard InChI is InChI=1S/C19H15ClF3N3O/c1-27-14-8-4-7-13-15(14)24-18(20)25-17(13)26-10-9-11-5-2-3-6-12(11)16(26)19(21,22)23/h2-8,16H,9-10H2,1H3. The summed E-state index contributed by atoms with van der Waals surface area (Å²) < 4.78 is 47.5. The molecule has 0 saturated heterocycles. The molecule has 1 unspecified atom stereocenters. The molecule has 0 aliphatic carbocycles. The lowest BCUT2D eigenvalue weighted by Crippen LogP contribution is -2.43. The third-order valence-electron chi connectivity index (χ3n) is 4.73. The lowest BCUT2D eigenvalue weighted by molar-refractivity contribution is -0.151. The second kappa shape index (κ2) is 6.56. The summed E-state index contributed by atoms with van der Waals surface area (Å²) in [7, 11) is 1.47.